The zero-order chi connectivity index (χ0) is 22.1. The van der Waals surface area contributed by atoms with E-state index in [1.54, 1.807) is 7.11 Å². The van der Waals surface area contributed by atoms with Gasteiger partial charge in [0.1, 0.15) is 23.6 Å². The Balaban J connectivity index is 1.41. The Bertz CT molecular complexity index is 1110. The fourth-order valence-electron chi connectivity index (χ4n) is 5.13. The van der Waals surface area contributed by atoms with Crippen molar-refractivity contribution in [1.29, 1.82) is 0 Å². The maximum absolute atomic E-state index is 11.9. The van der Waals surface area contributed by atoms with Crippen LogP contribution in [0, 0.1) is 0 Å². The topological polar surface area (TPSA) is 67.0 Å². The summed E-state index contributed by atoms with van der Waals surface area (Å²) in [7, 11) is 1.69. The molecule has 0 saturated carbocycles. The van der Waals surface area contributed by atoms with E-state index in [-0.39, 0.29) is 5.97 Å². The van der Waals surface area contributed by atoms with Gasteiger partial charge in [-0.3, -0.25) is 9.69 Å². The highest BCUT2D eigenvalue weighted by Crippen LogP contribution is 2.45. The van der Waals surface area contributed by atoms with E-state index in [9.17, 15) is 4.79 Å². The molecule has 3 heterocycles. The Morgan fingerprint density at radius 2 is 1.97 bits per heavy atom. The van der Waals surface area contributed by atoms with Crippen LogP contribution in [0.25, 0.3) is 10.9 Å². The van der Waals surface area contributed by atoms with Gasteiger partial charge in [-0.25, -0.2) is 0 Å². The summed E-state index contributed by atoms with van der Waals surface area (Å²) >= 11 is 0. The highest BCUT2D eigenvalue weighted by Gasteiger charge is 2.51. The molecule has 1 unspecified atom stereocenters. The first kappa shape index (κ1) is 20.8. The van der Waals surface area contributed by atoms with Crippen LogP contribution in [-0.2, 0) is 21.6 Å². The van der Waals surface area contributed by atoms with Crippen LogP contribution >= 0.6 is 0 Å². The van der Waals surface area contributed by atoms with Crippen LogP contribution in [0.3, 0.4) is 0 Å². The molecule has 1 N–H and O–H groups in total. The average Bonchev–Trinajstić information content (AvgIpc) is 3.39. The highest BCUT2D eigenvalue weighted by atomic mass is 16.7. The Hall–Kier alpha value is -3.03. The lowest BCUT2D eigenvalue weighted by atomic mass is 9.85. The van der Waals surface area contributed by atoms with Gasteiger partial charge < -0.3 is 19.3 Å². The summed E-state index contributed by atoms with van der Waals surface area (Å²) in [6, 6.07) is 16.0. The predicted octanol–water partition coefficient (Wildman–Crippen LogP) is 3.49. The van der Waals surface area contributed by atoms with Crippen molar-refractivity contribution in [3.63, 3.8) is 0 Å². The third-order valence-electron chi connectivity index (χ3n) is 6.61. The number of likely N-dealkylation sites (tertiary alicyclic amines) is 1. The first-order chi connectivity index (χ1) is 15.6. The van der Waals surface area contributed by atoms with Gasteiger partial charge in [-0.15, -0.1) is 5.06 Å². The number of aromatic amines is 1. The summed E-state index contributed by atoms with van der Waals surface area (Å²) < 4.78 is 11.4. The first-order valence-electron chi connectivity index (χ1n) is 11.1. The largest absolute Gasteiger partial charge is 0.497 e. The standard InChI is InChI=1S/C25H29N3O4/c1-18(29)32-28-12-10-21-22-16-20(30-2)8-9-23(22)26-24(21)25(28)11-13-27(17-25)14-15-31-19-6-4-3-5-7-19/h3-9,16,26H,10-15,17H2,1-2H3. The van der Waals surface area contributed by atoms with Gasteiger partial charge in [0.15, 0.2) is 0 Å². The Morgan fingerprint density at radius 1 is 1.12 bits per heavy atom. The molecule has 5 rings (SSSR count). The zero-order valence-electron chi connectivity index (χ0n) is 18.6. The zero-order valence-corrected chi connectivity index (χ0v) is 18.6. The van der Waals surface area contributed by atoms with Crippen LogP contribution in [0.15, 0.2) is 48.5 Å². The molecular formula is C25H29N3O4. The van der Waals surface area contributed by atoms with Gasteiger partial charge in [-0.2, -0.15) is 0 Å². The summed E-state index contributed by atoms with van der Waals surface area (Å²) in [6.45, 7) is 5.26. The molecule has 1 saturated heterocycles. The number of rotatable bonds is 6. The molecule has 168 valence electrons. The predicted molar refractivity (Wildman–Crippen MR) is 122 cm³/mol. The van der Waals surface area contributed by atoms with E-state index < -0.39 is 5.54 Å². The number of nitrogens with one attached hydrogen (secondary N) is 1. The monoisotopic (exact) mass is 435 g/mol. The number of aromatic nitrogens is 1. The lowest BCUT2D eigenvalue weighted by Crippen LogP contribution is -2.53. The van der Waals surface area contributed by atoms with E-state index in [0.717, 1.165) is 55.2 Å². The van der Waals surface area contributed by atoms with E-state index in [0.29, 0.717) is 13.2 Å². The van der Waals surface area contributed by atoms with Crippen molar-refractivity contribution in [3.05, 3.63) is 59.8 Å². The molecule has 7 heteroatoms. The molecule has 2 aliphatic rings. The summed E-state index contributed by atoms with van der Waals surface area (Å²) in [5.41, 5.74) is 3.15. The summed E-state index contributed by atoms with van der Waals surface area (Å²) in [5.74, 6) is 1.45. The summed E-state index contributed by atoms with van der Waals surface area (Å²) in [5, 5.41) is 3.09. The van der Waals surface area contributed by atoms with E-state index in [4.69, 9.17) is 14.3 Å². The smallest absolute Gasteiger partial charge is 0.322 e. The number of carbonyl (C=O) groups excluding carboxylic acids is 1. The van der Waals surface area contributed by atoms with Gasteiger partial charge in [0, 0.05) is 49.7 Å². The van der Waals surface area contributed by atoms with Crippen molar-refractivity contribution in [1.82, 2.24) is 14.9 Å². The number of hydrogen-bond acceptors (Lipinski definition) is 6. The number of H-pyrrole nitrogens is 1. The van der Waals surface area contributed by atoms with Gasteiger partial charge in [0.05, 0.1) is 7.11 Å². The molecule has 0 amide bonds. The van der Waals surface area contributed by atoms with Gasteiger partial charge in [0.2, 0.25) is 0 Å². The lowest BCUT2D eigenvalue weighted by molar-refractivity contribution is -0.224. The second-order valence-electron chi connectivity index (χ2n) is 8.54. The molecule has 1 atom stereocenters. The SMILES string of the molecule is COc1ccc2[nH]c3c(c2c1)CCN(OC(C)=O)C31CCN(CCOc2ccccc2)C1. The van der Waals surface area contributed by atoms with E-state index >= 15 is 0 Å². The van der Waals surface area contributed by atoms with Crippen molar-refractivity contribution in [2.45, 2.75) is 25.3 Å². The minimum absolute atomic E-state index is 0.281. The molecule has 1 fully saturated rings. The molecule has 2 aliphatic heterocycles. The van der Waals surface area contributed by atoms with Gasteiger partial charge >= 0.3 is 5.97 Å². The average molecular weight is 436 g/mol. The number of para-hydroxylation sites is 1. The van der Waals surface area contributed by atoms with Crippen LogP contribution in [0.5, 0.6) is 11.5 Å². The number of ether oxygens (including phenoxy) is 2. The molecule has 32 heavy (non-hydrogen) atoms. The van der Waals surface area contributed by atoms with Crippen LogP contribution in [0.2, 0.25) is 0 Å². The lowest BCUT2D eigenvalue weighted by Gasteiger charge is -2.42. The van der Waals surface area contributed by atoms with E-state index in [1.807, 2.05) is 41.5 Å². The molecule has 2 aromatic carbocycles. The van der Waals surface area contributed by atoms with Gasteiger partial charge in [0.25, 0.3) is 0 Å². The molecule has 1 aromatic heterocycles. The number of hydroxylamine groups is 2. The van der Waals surface area contributed by atoms with Crippen molar-refractivity contribution in [2.75, 3.05) is 39.9 Å². The number of hydrogen-bond donors (Lipinski definition) is 1. The van der Waals surface area contributed by atoms with Crippen LogP contribution in [0.4, 0.5) is 0 Å². The molecule has 1 spiro atoms. The molecular weight excluding hydrogens is 406 g/mol. The quantitative estimate of drug-likeness (QED) is 0.639. The first-order valence-corrected chi connectivity index (χ1v) is 11.1. The number of fused-ring (bicyclic) bond motifs is 4. The molecule has 0 bridgehead atoms. The van der Waals surface area contributed by atoms with Gasteiger partial charge in [-0.05, 0) is 48.7 Å². The molecule has 0 aliphatic carbocycles. The van der Waals surface area contributed by atoms with Gasteiger partial charge in [-0.1, -0.05) is 18.2 Å². The maximum Gasteiger partial charge on any atom is 0.322 e. The van der Waals surface area contributed by atoms with Crippen LogP contribution < -0.4 is 9.47 Å². The number of carbonyl (C=O) groups is 1. The second kappa shape index (κ2) is 8.48. The third kappa shape index (κ3) is 3.72. The Labute approximate surface area is 187 Å². The number of benzene rings is 2. The van der Waals surface area contributed by atoms with Crippen LogP contribution in [-0.4, -0.2) is 60.8 Å². The van der Waals surface area contributed by atoms with Crippen molar-refractivity contribution < 1.29 is 19.1 Å². The fourth-order valence-corrected chi connectivity index (χ4v) is 5.13. The number of nitrogens with zero attached hydrogens (tertiary/aromatic N) is 2. The summed E-state index contributed by atoms with van der Waals surface area (Å²) in [4.78, 5) is 23.7. The maximum atomic E-state index is 11.9. The minimum Gasteiger partial charge on any atom is -0.497 e. The molecule has 3 aromatic rings. The Kier molecular flexibility index (Phi) is 5.53. The summed E-state index contributed by atoms with van der Waals surface area (Å²) in [6.07, 6.45) is 1.69. The number of methoxy groups -OCH3 is 1. The van der Waals surface area contributed by atoms with Crippen molar-refractivity contribution >= 4 is 16.9 Å². The molecule has 0 radical (unpaired) electrons. The van der Waals surface area contributed by atoms with Crippen molar-refractivity contribution in [2.24, 2.45) is 0 Å². The van der Waals surface area contributed by atoms with E-state index in [2.05, 4.69) is 22.0 Å². The Morgan fingerprint density at radius 3 is 2.75 bits per heavy atom. The minimum atomic E-state index is -0.391. The van der Waals surface area contributed by atoms with Crippen LogP contribution in [0.1, 0.15) is 24.6 Å². The molecule has 7 nitrogen and oxygen atoms in total. The normalized spacial score (nSPS) is 21.1. The third-order valence-corrected chi connectivity index (χ3v) is 6.61. The fraction of sp³-hybridized carbons (Fsp3) is 0.400. The second-order valence-corrected chi connectivity index (χ2v) is 8.54. The van der Waals surface area contributed by atoms with Crippen molar-refractivity contribution in [3.8, 4) is 11.5 Å². The van der Waals surface area contributed by atoms with E-state index in [1.165, 1.54) is 17.9 Å². The highest BCUT2D eigenvalue weighted by molar-refractivity contribution is 5.87.